The quantitative estimate of drug-likeness (QED) is 0.792. The smallest absolute Gasteiger partial charge is 0.409 e. The number of methoxy groups -OCH3 is 1. The normalized spacial score (nSPS) is 14.9. The first-order valence-electron chi connectivity index (χ1n) is 7.86. The summed E-state index contributed by atoms with van der Waals surface area (Å²) in [6.07, 6.45) is 1.38. The minimum atomic E-state index is -0.250. The summed E-state index contributed by atoms with van der Waals surface area (Å²) in [6.45, 7) is 3.51. The standard InChI is InChI=1S/C16H22ClN3O3S/c1-3-23-16(21)20-8-6-12(7-9-20)18-15(24)19-13-10-11(17)4-5-14(13)22-2/h4-5,10,12H,3,6-9H2,1-2H3,(H2,18,19,24). The molecular weight excluding hydrogens is 350 g/mol. The van der Waals surface area contributed by atoms with Gasteiger partial charge < -0.3 is 25.0 Å². The van der Waals surface area contributed by atoms with Gasteiger partial charge in [-0.1, -0.05) is 11.6 Å². The summed E-state index contributed by atoms with van der Waals surface area (Å²) in [7, 11) is 1.59. The first-order valence-corrected chi connectivity index (χ1v) is 8.64. The van der Waals surface area contributed by atoms with Gasteiger partial charge >= 0.3 is 6.09 Å². The molecule has 1 saturated heterocycles. The number of thiocarbonyl (C=S) groups is 1. The molecule has 2 rings (SSSR count). The monoisotopic (exact) mass is 371 g/mol. The number of hydrogen-bond acceptors (Lipinski definition) is 4. The van der Waals surface area contributed by atoms with Crippen molar-refractivity contribution < 1.29 is 14.3 Å². The number of hydrogen-bond donors (Lipinski definition) is 2. The van der Waals surface area contributed by atoms with Crippen LogP contribution in [0.4, 0.5) is 10.5 Å². The molecule has 1 fully saturated rings. The minimum Gasteiger partial charge on any atom is -0.495 e. The third kappa shape index (κ3) is 5.14. The van der Waals surface area contributed by atoms with Gasteiger partial charge in [-0.15, -0.1) is 0 Å². The van der Waals surface area contributed by atoms with E-state index >= 15 is 0 Å². The molecule has 0 bridgehead atoms. The van der Waals surface area contributed by atoms with E-state index < -0.39 is 0 Å². The Bertz CT molecular complexity index is 592. The van der Waals surface area contributed by atoms with E-state index in [0.29, 0.717) is 41.3 Å². The molecule has 1 heterocycles. The molecule has 6 nitrogen and oxygen atoms in total. The molecule has 0 aromatic heterocycles. The van der Waals surface area contributed by atoms with Crippen LogP contribution in [0.5, 0.6) is 5.75 Å². The molecule has 0 saturated carbocycles. The van der Waals surface area contributed by atoms with Gasteiger partial charge in [0.25, 0.3) is 0 Å². The number of nitrogens with one attached hydrogen (secondary N) is 2. The van der Waals surface area contributed by atoms with Gasteiger partial charge in [0.1, 0.15) is 5.75 Å². The largest absolute Gasteiger partial charge is 0.495 e. The number of nitrogens with zero attached hydrogens (tertiary/aromatic N) is 1. The van der Waals surface area contributed by atoms with Gasteiger partial charge in [-0.05, 0) is 50.2 Å². The Hall–Kier alpha value is -1.73. The van der Waals surface area contributed by atoms with E-state index in [4.69, 9.17) is 33.3 Å². The third-order valence-electron chi connectivity index (χ3n) is 3.77. The lowest BCUT2D eigenvalue weighted by Crippen LogP contribution is -2.47. The number of amides is 1. The van der Waals surface area contributed by atoms with E-state index in [2.05, 4.69) is 10.6 Å². The lowest BCUT2D eigenvalue weighted by atomic mass is 10.1. The van der Waals surface area contributed by atoms with Crippen molar-refractivity contribution in [1.82, 2.24) is 10.2 Å². The zero-order valence-corrected chi connectivity index (χ0v) is 15.4. The number of halogens is 1. The van der Waals surface area contributed by atoms with Gasteiger partial charge in [-0.3, -0.25) is 0 Å². The van der Waals surface area contributed by atoms with Crippen LogP contribution in [0.15, 0.2) is 18.2 Å². The Morgan fingerprint density at radius 1 is 1.42 bits per heavy atom. The van der Waals surface area contributed by atoms with E-state index in [1.165, 1.54) is 0 Å². The average Bonchev–Trinajstić information content (AvgIpc) is 2.56. The molecule has 1 aromatic rings. The topological polar surface area (TPSA) is 62.8 Å². The van der Waals surface area contributed by atoms with Crippen LogP contribution in [-0.4, -0.2) is 49.0 Å². The Kier molecular flexibility index (Phi) is 6.93. The Balaban J connectivity index is 1.84. The maximum Gasteiger partial charge on any atom is 0.409 e. The first-order chi connectivity index (χ1) is 11.5. The Morgan fingerprint density at radius 3 is 2.75 bits per heavy atom. The Labute approximate surface area is 152 Å². The number of benzene rings is 1. The van der Waals surface area contributed by atoms with Crippen molar-refractivity contribution in [3.05, 3.63) is 23.2 Å². The molecule has 1 aromatic carbocycles. The van der Waals surface area contributed by atoms with Crippen molar-refractivity contribution in [1.29, 1.82) is 0 Å². The molecule has 24 heavy (non-hydrogen) atoms. The van der Waals surface area contributed by atoms with Crippen molar-refractivity contribution >= 4 is 40.7 Å². The predicted octanol–water partition coefficient (Wildman–Crippen LogP) is 3.26. The second-order valence-corrected chi connectivity index (χ2v) is 6.25. The number of anilines is 1. The van der Waals surface area contributed by atoms with Gasteiger partial charge in [0, 0.05) is 24.2 Å². The number of rotatable bonds is 4. The third-order valence-corrected chi connectivity index (χ3v) is 4.22. The highest BCUT2D eigenvalue weighted by atomic mass is 35.5. The summed E-state index contributed by atoms with van der Waals surface area (Å²) in [6, 6.07) is 5.51. The fraction of sp³-hybridized carbons (Fsp3) is 0.500. The molecule has 0 aliphatic carbocycles. The van der Waals surface area contributed by atoms with Gasteiger partial charge in [0.2, 0.25) is 0 Å². The fourth-order valence-corrected chi connectivity index (χ4v) is 2.99. The highest BCUT2D eigenvalue weighted by Gasteiger charge is 2.24. The SMILES string of the molecule is CCOC(=O)N1CCC(NC(=S)Nc2cc(Cl)ccc2OC)CC1. The summed E-state index contributed by atoms with van der Waals surface area (Å²) in [5.74, 6) is 0.667. The van der Waals surface area contributed by atoms with Crippen molar-refractivity contribution in [3.63, 3.8) is 0 Å². The minimum absolute atomic E-state index is 0.209. The van der Waals surface area contributed by atoms with Crippen LogP contribution in [0.2, 0.25) is 5.02 Å². The molecule has 0 radical (unpaired) electrons. The zero-order valence-electron chi connectivity index (χ0n) is 13.8. The molecule has 2 N–H and O–H groups in total. The van der Waals surface area contributed by atoms with Gasteiger partial charge in [-0.2, -0.15) is 0 Å². The second kappa shape index (κ2) is 8.94. The van der Waals surface area contributed by atoms with E-state index in [9.17, 15) is 4.79 Å². The van der Waals surface area contributed by atoms with Crippen LogP contribution in [0.25, 0.3) is 0 Å². The Morgan fingerprint density at radius 2 is 2.12 bits per heavy atom. The maximum absolute atomic E-state index is 11.7. The molecule has 1 aliphatic rings. The number of ether oxygens (including phenoxy) is 2. The molecule has 132 valence electrons. The number of likely N-dealkylation sites (tertiary alicyclic amines) is 1. The number of piperidine rings is 1. The second-order valence-electron chi connectivity index (χ2n) is 5.40. The summed E-state index contributed by atoms with van der Waals surface area (Å²) in [5, 5.41) is 7.49. The van der Waals surface area contributed by atoms with Crippen LogP contribution in [-0.2, 0) is 4.74 Å². The van der Waals surface area contributed by atoms with E-state index in [0.717, 1.165) is 12.8 Å². The predicted molar refractivity (Wildman–Crippen MR) is 99.0 cm³/mol. The molecule has 8 heteroatoms. The summed E-state index contributed by atoms with van der Waals surface area (Å²) < 4.78 is 10.3. The maximum atomic E-state index is 11.7. The summed E-state index contributed by atoms with van der Waals surface area (Å²) in [4.78, 5) is 13.4. The first kappa shape index (κ1) is 18.6. The fourth-order valence-electron chi connectivity index (χ4n) is 2.54. The lowest BCUT2D eigenvalue weighted by molar-refractivity contribution is 0.0964. The van der Waals surface area contributed by atoms with Crippen molar-refractivity contribution in [2.45, 2.75) is 25.8 Å². The molecule has 0 atom stereocenters. The average molecular weight is 372 g/mol. The van der Waals surface area contributed by atoms with Crippen molar-refractivity contribution in [2.24, 2.45) is 0 Å². The van der Waals surface area contributed by atoms with Crippen LogP contribution >= 0.6 is 23.8 Å². The lowest BCUT2D eigenvalue weighted by Gasteiger charge is -2.32. The molecule has 1 amide bonds. The van der Waals surface area contributed by atoms with Crippen LogP contribution < -0.4 is 15.4 Å². The highest BCUT2D eigenvalue weighted by Crippen LogP contribution is 2.27. The van der Waals surface area contributed by atoms with Gasteiger partial charge in [0.15, 0.2) is 5.11 Å². The van der Waals surface area contributed by atoms with Gasteiger partial charge in [-0.25, -0.2) is 4.79 Å². The van der Waals surface area contributed by atoms with Crippen molar-refractivity contribution in [2.75, 3.05) is 32.1 Å². The van der Waals surface area contributed by atoms with Crippen molar-refractivity contribution in [3.8, 4) is 5.75 Å². The van der Waals surface area contributed by atoms with E-state index in [1.807, 2.05) is 0 Å². The van der Waals surface area contributed by atoms with Crippen LogP contribution in [0, 0.1) is 0 Å². The van der Waals surface area contributed by atoms with E-state index in [1.54, 1.807) is 37.1 Å². The molecule has 0 spiro atoms. The summed E-state index contributed by atoms with van der Waals surface area (Å²) >= 11 is 11.4. The molecule has 0 unspecified atom stereocenters. The molecule has 1 aliphatic heterocycles. The zero-order chi connectivity index (χ0) is 17.5. The van der Waals surface area contributed by atoms with Crippen LogP contribution in [0.1, 0.15) is 19.8 Å². The number of carbonyl (C=O) groups excluding carboxylic acids is 1. The van der Waals surface area contributed by atoms with Crippen LogP contribution in [0.3, 0.4) is 0 Å². The highest BCUT2D eigenvalue weighted by molar-refractivity contribution is 7.80. The summed E-state index contributed by atoms with van der Waals surface area (Å²) in [5.41, 5.74) is 0.714. The van der Waals surface area contributed by atoms with Gasteiger partial charge in [0.05, 0.1) is 19.4 Å². The van der Waals surface area contributed by atoms with E-state index in [-0.39, 0.29) is 12.1 Å². The molecular formula is C16H22ClN3O3S. The number of carbonyl (C=O) groups is 1.